The highest BCUT2D eigenvalue weighted by molar-refractivity contribution is 5.94. The van der Waals surface area contributed by atoms with Crippen molar-refractivity contribution in [1.82, 2.24) is 16.0 Å². The van der Waals surface area contributed by atoms with Crippen LogP contribution in [0.5, 0.6) is 0 Å². The summed E-state index contributed by atoms with van der Waals surface area (Å²) in [4.78, 5) is 60.3. The summed E-state index contributed by atoms with van der Waals surface area (Å²) in [6.07, 6.45) is -0.218. The molecule has 13 heteroatoms. The van der Waals surface area contributed by atoms with Crippen molar-refractivity contribution in [2.24, 2.45) is 23.1 Å². The minimum atomic E-state index is -1.44. The summed E-state index contributed by atoms with van der Waals surface area (Å²) in [5.74, 6) is -4.88. The molecule has 0 aliphatic carbocycles. The summed E-state index contributed by atoms with van der Waals surface area (Å²) < 4.78 is 0. The first-order valence-electron chi connectivity index (χ1n) is 10.9. The van der Waals surface area contributed by atoms with E-state index in [0.717, 1.165) is 0 Å². The van der Waals surface area contributed by atoms with Crippen LogP contribution in [-0.2, 0) is 24.0 Å². The molecule has 5 atom stereocenters. The Kier molecular flexibility index (Phi) is 13.9. The van der Waals surface area contributed by atoms with Crippen molar-refractivity contribution in [2.45, 2.75) is 83.1 Å². The number of primary amides is 1. The smallest absolute Gasteiger partial charge is 0.326 e. The maximum atomic E-state index is 12.8. The number of aliphatic hydroxyl groups excluding tert-OH is 1. The second-order valence-electron chi connectivity index (χ2n) is 8.25. The van der Waals surface area contributed by atoms with E-state index in [2.05, 4.69) is 16.0 Å². The Morgan fingerprint density at radius 2 is 1.42 bits per heavy atom. The van der Waals surface area contributed by atoms with Gasteiger partial charge >= 0.3 is 5.97 Å². The third-order valence-corrected chi connectivity index (χ3v) is 4.91. The number of hydrogen-bond donors (Lipinski definition) is 8. The molecule has 190 valence electrons. The van der Waals surface area contributed by atoms with Crippen LogP contribution in [0.2, 0.25) is 0 Å². The van der Waals surface area contributed by atoms with E-state index in [0.29, 0.717) is 25.8 Å². The molecule has 0 radical (unpaired) electrons. The molecule has 13 nitrogen and oxygen atoms in total. The van der Waals surface area contributed by atoms with Crippen molar-refractivity contribution in [3.05, 3.63) is 0 Å². The Hall–Kier alpha value is -2.77. The van der Waals surface area contributed by atoms with E-state index >= 15 is 0 Å². The predicted octanol–water partition coefficient (Wildman–Crippen LogP) is -2.72. The quantitative estimate of drug-likeness (QED) is 0.108. The maximum Gasteiger partial charge on any atom is 0.326 e. The van der Waals surface area contributed by atoms with Crippen LogP contribution in [0.4, 0.5) is 0 Å². The highest BCUT2D eigenvalue weighted by Gasteiger charge is 2.33. The van der Waals surface area contributed by atoms with Gasteiger partial charge < -0.3 is 43.4 Å². The zero-order valence-corrected chi connectivity index (χ0v) is 19.4. The number of carboxylic acids is 1. The molecule has 33 heavy (non-hydrogen) atoms. The van der Waals surface area contributed by atoms with Crippen molar-refractivity contribution in [2.75, 3.05) is 6.54 Å². The van der Waals surface area contributed by atoms with Gasteiger partial charge in [-0.2, -0.15) is 0 Å². The number of unbranched alkanes of at least 4 members (excludes halogenated alkanes) is 1. The molecule has 0 spiro atoms. The molecule has 0 fully saturated rings. The van der Waals surface area contributed by atoms with Gasteiger partial charge in [-0.05, 0) is 38.6 Å². The van der Waals surface area contributed by atoms with Gasteiger partial charge in [-0.15, -0.1) is 0 Å². The van der Waals surface area contributed by atoms with Crippen LogP contribution in [0.25, 0.3) is 0 Å². The molecule has 0 saturated carbocycles. The Morgan fingerprint density at radius 3 is 1.88 bits per heavy atom. The number of nitrogens with one attached hydrogen (secondary N) is 3. The van der Waals surface area contributed by atoms with Gasteiger partial charge in [-0.3, -0.25) is 19.2 Å². The average molecular weight is 475 g/mol. The SMILES string of the molecule is CC(C)C(NC(=O)C(CCC(N)=O)NC(=O)C(NC(=O)C(N)CCCCN)C(C)O)C(=O)O. The summed E-state index contributed by atoms with van der Waals surface area (Å²) in [6, 6.07) is -4.93. The van der Waals surface area contributed by atoms with Crippen LogP contribution < -0.4 is 33.2 Å². The van der Waals surface area contributed by atoms with Crippen LogP contribution in [0.3, 0.4) is 0 Å². The molecule has 0 aromatic carbocycles. The Bertz CT molecular complexity index is 686. The lowest BCUT2D eigenvalue weighted by atomic mass is 10.0. The fraction of sp³-hybridized carbons (Fsp3) is 0.750. The van der Waals surface area contributed by atoms with Crippen molar-refractivity contribution < 1.29 is 34.2 Å². The fourth-order valence-electron chi connectivity index (χ4n) is 2.89. The molecule has 5 unspecified atom stereocenters. The van der Waals surface area contributed by atoms with Gasteiger partial charge in [0.2, 0.25) is 23.6 Å². The normalized spacial score (nSPS) is 15.6. The van der Waals surface area contributed by atoms with Gasteiger partial charge in [-0.1, -0.05) is 20.3 Å². The molecule has 0 rings (SSSR count). The van der Waals surface area contributed by atoms with Crippen LogP contribution in [0, 0.1) is 5.92 Å². The number of aliphatic carboxylic acids is 1. The zero-order valence-electron chi connectivity index (χ0n) is 19.4. The summed E-state index contributed by atoms with van der Waals surface area (Å²) in [5.41, 5.74) is 16.3. The van der Waals surface area contributed by atoms with Gasteiger partial charge in [-0.25, -0.2) is 4.79 Å². The Labute approximate surface area is 193 Å². The number of aliphatic hydroxyl groups is 1. The Morgan fingerprint density at radius 1 is 0.848 bits per heavy atom. The first kappa shape index (κ1) is 30.2. The maximum absolute atomic E-state index is 12.8. The minimum absolute atomic E-state index is 0.212. The van der Waals surface area contributed by atoms with E-state index in [1.54, 1.807) is 13.8 Å². The number of rotatable bonds is 16. The van der Waals surface area contributed by atoms with Crippen LogP contribution in [0.1, 0.15) is 52.9 Å². The molecular formula is C20H38N6O7. The largest absolute Gasteiger partial charge is 0.480 e. The van der Waals surface area contributed by atoms with E-state index in [1.165, 1.54) is 6.92 Å². The van der Waals surface area contributed by atoms with E-state index in [9.17, 15) is 34.2 Å². The van der Waals surface area contributed by atoms with E-state index in [4.69, 9.17) is 17.2 Å². The monoisotopic (exact) mass is 474 g/mol. The molecule has 0 heterocycles. The van der Waals surface area contributed by atoms with Crippen LogP contribution >= 0.6 is 0 Å². The average Bonchev–Trinajstić information content (AvgIpc) is 2.71. The topological polar surface area (TPSA) is 240 Å². The van der Waals surface area contributed by atoms with Crippen molar-refractivity contribution in [3.63, 3.8) is 0 Å². The van der Waals surface area contributed by atoms with Crippen molar-refractivity contribution in [3.8, 4) is 0 Å². The molecule has 0 saturated heterocycles. The lowest BCUT2D eigenvalue weighted by Crippen LogP contribution is -2.60. The van der Waals surface area contributed by atoms with Gasteiger partial charge in [0.1, 0.15) is 18.1 Å². The van der Waals surface area contributed by atoms with Gasteiger partial charge in [0.15, 0.2) is 0 Å². The Balaban J connectivity index is 5.40. The summed E-state index contributed by atoms with van der Waals surface area (Å²) in [7, 11) is 0. The number of hydrogen-bond acceptors (Lipinski definition) is 8. The standard InChI is InChI=1S/C20H38N6O7/c1-10(2)15(20(32)33)25-18(30)13(7-8-14(23)28)24-19(31)16(11(3)27)26-17(29)12(22)6-4-5-9-21/h10-13,15-16,27H,4-9,21-22H2,1-3H3,(H2,23,28)(H,24,31)(H,25,30)(H,26,29)(H,32,33). The lowest BCUT2D eigenvalue weighted by Gasteiger charge is -2.27. The molecule has 0 bridgehead atoms. The third-order valence-electron chi connectivity index (χ3n) is 4.91. The third kappa shape index (κ3) is 11.6. The first-order chi connectivity index (χ1) is 15.3. The van der Waals surface area contributed by atoms with Gasteiger partial charge in [0.25, 0.3) is 0 Å². The molecule has 0 aliphatic heterocycles. The first-order valence-corrected chi connectivity index (χ1v) is 10.9. The van der Waals surface area contributed by atoms with E-state index in [1.807, 2.05) is 0 Å². The lowest BCUT2D eigenvalue weighted by molar-refractivity contribution is -0.143. The summed E-state index contributed by atoms with van der Waals surface area (Å²) >= 11 is 0. The van der Waals surface area contributed by atoms with Gasteiger partial charge in [0.05, 0.1) is 12.1 Å². The predicted molar refractivity (Wildman–Crippen MR) is 119 cm³/mol. The number of carbonyl (C=O) groups excluding carboxylic acids is 4. The highest BCUT2D eigenvalue weighted by atomic mass is 16.4. The molecular weight excluding hydrogens is 436 g/mol. The zero-order chi connectivity index (χ0) is 25.7. The second-order valence-corrected chi connectivity index (χ2v) is 8.25. The molecule has 11 N–H and O–H groups in total. The fourth-order valence-corrected chi connectivity index (χ4v) is 2.89. The van der Waals surface area contributed by atoms with Crippen LogP contribution in [-0.4, -0.2) is 76.6 Å². The van der Waals surface area contributed by atoms with Crippen molar-refractivity contribution in [1.29, 1.82) is 0 Å². The number of carboxylic acid groups (broad SMARTS) is 1. The van der Waals surface area contributed by atoms with E-state index in [-0.39, 0.29) is 12.8 Å². The van der Waals surface area contributed by atoms with Gasteiger partial charge in [0, 0.05) is 6.42 Å². The highest BCUT2D eigenvalue weighted by Crippen LogP contribution is 2.06. The number of carbonyl (C=O) groups is 5. The molecule has 0 aromatic heterocycles. The number of nitrogens with two attached hydrogens (primary N) is 3. The summed E-state index contributed by atoms with van der Waals surface area (Å²) in [6.45, 7) is 4.89. The second kappa shape index (κ2) is 15.1. The minimum Gasteiger partial charge on any atom is -0.480 e. The summed E-state index contributed by atoms with van der Waals surface area (Å²) in [5, 5.41) is 26.3. The number of amides is 4. The van der Waals surface area contributed by atoms with Crippen LogP contribution in [0.15, 0.2) is 0 Å². The van der Waals surface area contributed by atoms with E-state index < -0.39 is 65.8 Å². The van der Waals surface area contributed by atoms with Crippen molar-refractivity contribution >= 4 is 29.6 Å². The molecule has 4 amide bonds. The molecule has 0 aromatic rings. The molecule has 0 aliphatic rings.